The van der Waals surface area contributed by atoms with Gasteiger partial charge < -0.3 is 81.1 Å². The molecule has 2 aliphatic rings. The van der Waals surface area contributed by atoms with Crippen LogP contribution < -0.4 is 50.3 Å². The second kappa shape index (κ2) is 44.4. The normalized spacial score (nSPS) is 21.7. The minimum Gasteiger partial charge on any atom is -0.388 e. The van der Waals surface area contributed by atoms with Crippen LogP contribution in [0, 0.1) is 0 Å². The number of nitrogens with one attached hydrogen (secondary N) is 4. The van der Waals surface area contributed by atoms with Crippen LogP contribution in [0.3, 0.4) is 0 Å². The second-order valence-electron chi connectivity index (χ2n) is 21.0. The number of aromatic nitrogens is 4. The number of unbranched alkanes of at least 4 members (excludes halogenated alkanes) is 6. The number of nitrogens with zero attached hydrogens (tertiary/aromatic N) is 2. The monoisotopic (exact) mass is 1500 g/mol. The number of phosphoric ester groups is 5. The van der Waals surface area contributed by atoms with Crippen molar-refractivity contribution in [1.82, 2.24) is 29.7 Å². The van der Waals surface area contributed by atoms with Gasteiger partial charge in [0.2, 0.25) is 11.8 Å². The van der Waals surface area contributed by atoms with E-state index in [9.17, 15) is 81.2 Å². The smallest absolute Gasteiger partial charge is 0.388 e. The van der Waals surface area contributed by atoms with Crippen LogP contribution in [0.15, 0.2) is 43.7 Å². The maximum atomic E-state index is 13.3. The molecule has 0 saturated carbocycles. The van der Waals surface area contributed by atoms with Crippen LogP contribution in [-0.2, 0) is 101 Å². The van der Waals surface area contributed by atoms with Gasteiger partial charge >= 0.3 is 50.5 Å². The van der Waals surface area contributed by atoms with E-state index in [0.717, 1.165) is 91.5 Å². The number of nitrogens with two attached hydrogens (primary N) is 3. The molecule has 6 unspecified atom stereocenters. The average Bonchev–Trinajstić information content (AvgIpc) is 1.67. The number of aliphatic hydroxyl groups excluding tert-OH is 1. The molecule has 556 valence electrons. The summed E-state index contributed by atoms with van der Waals surface area (Å²) < 4.78 is 143. The van der Waals surface area contributed by atoms with Gasteiger partial charge in [0, 0.05) is 64.2 Å². The van der Waals surface area contributed by atoms with Crippen molar-refractivity contribution in [2.24, 2.45) is 17.2 Å². The first-order valence-electron chi connectivity index (χ1n) is 30.5. The van der Waals surface area contributed by atoms with Crippen LogP contribution in [0.1, 0.15) is 94.2 Å². The molecule has 2 saturated heterocycles. The van der Waals surface area contributed by atoms with Gasteiger partial charge in [-0.3, -0.25) is 83.5 Å². The van der Waals surface area contributed by atoms with Crippen LogP contribution in [-0.4, -0.2) is 217 Å². The molecule has 97 heavy (non-hydrogen) atoms. The van der Waals surface area contributed by atoms with Gasteiger partial charge in [-0.05, 0) is 63.9 Å². The zero-order valence-corrected chi connectivity index (χ0v) is 57.6. The zero-order valence-electron chi connectivity index (χ0n) is 53.2. The second-order valence-corrected chi connectivity index (χ2v) is 28.3. The molecule has 0 radical (unpaired) electrons. The molecule has 0 spiro atoms. The van der Waals surface area contributed by atoms with Crippen LogP contribution >= 0.6 is 39.1 Å². The van der Waals surface area contributed by atoms with Crippen molar-refractivity contribution >= 4 is 63.1 Å². The van der Waals surface area contributed by atoms with Crippen molar-refractivity contribution in [2.75, 3.05) is 126 Å². The van der Waals surface area contributed by atoms with Gasteiger partial charge in [0.1, 0.15) is 43.0 Å². The van der Waals surface area contributed by atoms with E-state index < -0.39 is 195 Å². The molecule has 0 bridgehead atoms. The number of H-pyrrole nitrogens is 2. The third-order valence-corrected chi connectivity index (χ3v) is 18.4. The van der Waals surface area contributed by atoms with Gasteiger partial charge in [-0.1, -0.05) is 25.7 Å². The first-order valence-corrected chi connectivity index (χ1v) is 38.0. The fourth-order valence-electron chi connectivity index (χ4n) is 8.60. The summed E-state index contributed by atoms with van der Waals surface area (Å²) in [4.78, 5) is 133. The van der Waals surface area contributed by atoms with Gasteiger partial charge in [-0.2, -0.15) is 0 Å². The SMILES string of the molecule is COP(=O)(O)OC[C@H]1O[C@@H](n2cc(/C=C/C(=O)NCCCCCCN)c(=O)[nH]c2=O)C[C@H]1OP(=O)(O)OCCOCCOP(=O)(O)OC[C@H]1O[C@@H](n2cc(/C=C/C(=O)NCCCCCCN)c(=O)[nH]c2=O)C[C@H]1OP(=O)(O)OCCOCCOP(=O)(O)OCC(O)COCCCN. The summed E-state index contributed by atoms with van der Waals surface area (Å²) in [6.45, 7) is -4.45. The predicted molar refractivity (Wildman–Crippen MR) is 339 cm³/mol. The lowest BCUT2D eigenvalue weighted by Crippen LogP contribution is -2.33. The molecule has 0 aromatic carbocycles. The number of rotatable bonds is 53. The summed E-state index contributed by atoms with van der Waals surface area (Å²) in [7, 11) is -23.8. The molecule has 16 N–H and O–H groups in total. The van der Waals surface area contributed by atoms with E-state index in [1.54, 1.807) is 0 Å². The van der Waals surface area contributed by atoms with Crippen molar-refractivity contribution in [1.29, 1.82) is 0 Å². The highest BCUT2D eigenvalue weighted by atomic mass is 31.2. The fraction of sp³-hybridized carbons (Fsp3) is 0.725. The summed E-state index contributed by atoms with van der Waals surface area (Å²) >= 11 is 0. The third kappa shape index (κ3) is 34.5. The first kappa shape index (κ1) is 85.4. The summed E-state index contributed by atoms with van der Waals surface area (Å²) in [5, 5.41) is 15.2. The van der Waals surface area contributed by atoms with Crippen LogP contribution in [0.2, 0.25) is 0 Å². The minimum atomic E-state index is -5.13. The number of phosphoric acid groups is 5. The molecule has 2 aliphatic heterocycles. The number of aliphatic hydroxyl groups is 1. The topological polar surface area (TPSA) is 591 Å². The molecule has 2 aromatic rings. The lowest BCUT2D eigenvalue weighted by Gasteiger charge is -2.22. The van der Waals surface area contributed by atoms with E-state index in [2.05, 4.69) is 25.1 Å². The van der Waals surface area contributed by atoms with Crippen molar-refractivity contribution in [3.63, 3.8) is 0 Å². The highest BCUT2D eigenvalue weighted by Crippen LogP contribution is 2.51. The summed E-state index contributed by atoms with van der Waals surface area (Å²) in [5.41, 5.74) is 12.2. The lowest BCUT2D eigenvalue weighted by molar-refractivity contribution is -0.117. The Balaban J connectivity index is 1.33. The van der Waals surface area contributed by atoms with E-state index in [1.807, 2.05) is 0 Å². The molecule has 2 fully saturated rings. The van der Waals surface area contributed by atoms with Crippen LogP contribution in [0.25, 0.3) is 12.2 Å². The fourth-order valence-corrected chi connectivity index (χ4v) is 12.4. The van der Waals surface area contributed by atoms with E-state index >= 15 is 0 Å². The Morgan fingerprint density at radius 3 is 1.34 bits per heavy atom. The van der Waals surface area contributed by atoms with Gasteiger partial charge in [-0.15, -0.1) is 0 Å². The Morgan fingerprint density at radius 2 is 0.928 bits per heavy atom. The maximum absolute atomic E-state index is 13.3. The number of carbonyl (C=O) groups excluding carboxylic acids is 2. The number of carbonyl (C=O) groups is 2. The van der Waals surface area contributed by atoms with Gasteiger partial charge in [0.15, 0.2) is 0 Å². The molecule has 12 atom stereocenters. The van der Waals surface area contributed by atoms with Crippen molar-refractivity contribution in [3.05, 3.63) is 77.3 Å². The van der Waals surface area contributed by atoms with E-state index in [1.165, 1.54) is 0 Å². The van der Waals surface area contributed by atoms with Gasteiger partial charge in [0.05, 0.1) is 90.4 Å². The van der Waals surface area contributed by atoms with Crippen molar-refractivity contribution in [2.45, 2.75) is 114 Å². The summed E-state index contributed by atoms with van der Waals surface area (Å²) in [6.07, 6.45) is 2.26. The largest absolute Gasteiger partial charge is 0.472 e. The Bertz CT molecular complexity index is 3280. The molecule has 4 heterocycles. The summed E-state index contributed by atoms with van der Waals surface area (Å²) in [5.74, 6) is -1.09. The number of hydrogen-bond donors (Lipinski definition) is 13. The Hall–Kier alpha value is -4.03. The Labute approximate surface area is 555 Å². The van der Waals surface area contributed by atoms with E-state index in [-0.39, 0.29) is 30.9 Å². The first-order chi connectivity index (χ1) is 46.0. The molecule has 41 nitrogen and oxygen atoms in total. The summed E-state index contributed by atoms with van der Waals surface area (Å²) in [6, 6.07) is 0. The molecular weight excluding hydrogens is 1410 g/mol. The van der Waals surface area contributed by atoms with Crippen LogP contribution in [0.4, 0.5) is 0 Å². The molecule has 2 amide bonds. The molecule has 46 heteroatoms. The Morgan fingerprint density at radius 1 is 0.536 bits per heavy atom. The van der Waals surface area contributed by atoms with E-state index in [0.29, 0.717) is 52.0 Å². The number of amides is 2. The standard InChI is InChI=1S/C51H90N9O32P5/c1-78-93(68,69)87-35-42-40(29-46(89-42)59-31-37(48(64)57-50(59)66)11-13-44(62)55-18-8-4-2-6-15-52)91-96(74,75)84-28-24-80-22-26-83-95(72,73)88-36-43-41(92-97(76,77)85-27-23-79-21-25-82-94(70,71)86-34-39(61)33-81-20-10-17-54)30-47(90-43)60-32-38(49(65)58-51(60)67)12-14-45(63)56-19-9-5-3-7-16-53/h11-14,31-32,39-43,46-47,61H,2-10,15-30,33-36,52-54H2,1H3,(H,55,62)(H,56,63)(H,68,69)(H,70,71)(H,72,73)(H,74,75)(H,76,77)(H,57,64,66)(H,58,65,67)/b13-11+,14-12+/t39?,40-,41-,42-,43-,46-,47-/m1/s1. The predicted octanol–water partition coefficient (Wildman–Crippen LogP) is -0.247. The molecule has 4 rings (SSSR count). The Kier molecular flexibility index (Phi) is 39.1. The van der Waals surface area contributed by atoms with Crippen LogP contribution in [0.5, 0.6) is 0 Å². The minimum absolute atomic E-state index is 0.173. The van der Waals surface area contributed by atoms with Gasteiger partial charge in [0.25, 0.3) is 11.1 Å². The number of aromatic amines is 2. The molecule has 2 aromatic heterocycles. The van der Waals surface area contributed by atoms with Crippen molar-refractivity contribution < 1.29 is 131 Å². The highest BCUT2D eigenvalue weighted by molar-refractivity contribution is 7.48. The van der Waals surface area contributed by atoms with Gasteiger partial charge in [-0.25, -0.2) is 32.4 Å². The van der Waals surface area contributed by atoms with Crippen molar-refractivity contribution in [3.8, 4) is 0 Å². The maximum Gasteiger partial charge on any atom is 0.472 e. The number of hydrogen-bond acceptors (Lipinski definition) is 30. The lowest BCUT2D eigenvalue weighted by atomic mass is 10.2. The highest BCUT2D eigenvalue weighted by Gasteiger charge is 2.45. The quantitative estimate of drug-likeness (QED) is 0.0231. The molecular formula is C51H90N9O32P5. The number of ether oxygens (including phenoxy) is 5. The average molecular weight is 1500 g/mol. The third-order valence-electron chi connectivity index (χ3n) is 13.4. The molecule has 0 aliphatic carbocycles. The zero-order chi connectivity index (χ0) is 71.5. The van der Waals surface area contributed by atoms with E-state index in [4.69, 9.17) is 81.6 Å².